The van der Waals surface area contributed by atoms with Gasteiger partial charge in [-0.25, -0.2) is 4.79 Å². The number of imide groups is 1. The molecule has 0 spiro atoms. The number of nitrogens with zero attached hydrogens (tertiary/aromatic N) is 2. The van der Waals surface area contributed by atoms with Crippen molar-refractivity contribution in [3.8, 4) is 0 Å². The molecule has 2 fully saturated rings. The van der Waals surface area contributed by atoms with Gasteiger partial charge in [0.25, 0.3) is 17.7 Å². The molecule has 2 heterocycles. The summed E-state index contributed by atoms with van der Waals surface area (Å²) in [5, 5.41) is 6.14. The molecule has 2 N–H and O–H groups in total. The normalized spacial score (nSPS) is 19.5. The molecule has 1 aromatic rings. The molecule has 33 heavy (non-hydrogen) atoms. The predicted octanol–water partition coefficient (Wildman–Crippen LogP) is 3.32. The molecule has 0 unspecified atom stereocenters. The van der Waals surface area contributed by atoms with Crippen LogP contribution in [0, 0.1) is 0 Å². The standard InChI is InChI=1S/C25H34N4O4/c1-2-3-13-29-23(31)20-10-9-17(16-21(20)24(29)32)22(30)28-14-11-19(12-15-28)27-25(33)26-18-7-5-4-6-8-18/h9-10,16,18-19H,2-8,11-15H2,1H3,(H2,26,27,33). The number of hydrogen-bond donors (Lipinski definition) is 2. The van der Waals surface area contributed by atoms with Crippen LogP contribution in [0.4, 0.5) is 4.79 Å². The lowest BCUT2D eigenvalue weighted by atomic mass is 9.96. The van der Waals surface area contributed by atoms with Crippen molar-refractivity contribution in [3.05, 3.63) is 34.9 Å². The molecule has 3 aliphatic rings. The second kappa shape index (κ2) is 10.4. The molecule has 0 aromatic heterocycles. The number of nitrogens with one attached hydrogen (secondary N) is 2. The first-order valence-corrected chi connectivity index (χ1v) is 12.3. The highest BCUT2D eigenvalue weighted by atomic mass is 16.2. The smallest absolute Gasteiger partial charge is 0.315 e. The Morgan fingerprint density at radius 1 is 0.909 bits per heavy atom. The number of rotatable bonds is 6. The summed E-state index contributed by atoms with van der Waals surface area (Å²) in [6.45, 7) is 3.50. The summed E-state index contributed by atoms with van der Waals surface area (Å²) in [5.41, 5.74) is 1.12. The molecule has 8 heteroatoms. The molecular formula is C25H34N4O4. The highest BCUT2D eigenvalue weighted by Crippen LogP contribution is 2.25. The van der Waals surface area contributed by atoms with Crippen LogP contribution in [-0.4, -0.2) is 65.3 Å². The lowest BCUT2D eigenvalue weighted by Gasteiger charge is -2.33. The maximum absolute atomic E-state index is 13.0. The number of hydrogen-bond acceptors (Lipinski definition) is 4. The Morgan fingerprint density at radius 2 is 1.55 bits per heavy atom. The molecule has 8 nitrogen and oxygen atoms in total. The van der Waals surface area contributed by atoms with Crippen molar-refractivity contribution >= 4 is 23.8 Å². The number of amides is 5. The van der Waals surface area contributed by atoms with Crippen molar-refractivity contribution in [1.82, 2.24) is 20.4 Å². The van der Waals surface area contributed by atoms with E-state index in [2.05, 4.69) is 10.6 Å². The molecule has 1 aliphatic carbocycles. The quantitative estimate of drug-likeness (QED) is 0.644. The lowest BCUT2D eigenvalue weighted by molar-refractivity contribution is 0.0651. The number of carbonyl (C=O) groups excluding carboxylic acids is 4. The van der Waals surface area contributed by atoms with Gasteiger partial charge in [-0.3, -0.25) is 19.3 Å². The van der Waals surface area contributed by atoms with Crippen LogP contribution < -0.4 is 10.6 Å². The SMILES string of the molecule is CCCCN1C(=O)c2ccc(C(=O)N3CCC(NC(=O)NC4CCCCC4)CC3)cc2C1=O. The Kier molecular flexibility index (Phi) is 7.30. The summed E-state index contributed by atoms with van der Waals surface area (Å²) < 4.78 is 0. The van der Waals surface area contributed by atoms with E-state index in [9.17, 15) is 19.2 Å². The second-order valence-corrected chi connectivity index (χ2v) is 9.40. The zero-order chi connectivity index (χ0) is 23.4. The minimum absolute atomic E-state index is 0.0454. The van der Waals surface area contributed by atoms with E-state index in [-0.39, 0.29) is 35.8 Å². The lowest BCUT2D eigenvalue weighted by Crippen LogP contribution is -2.51. The van der Waals surface area contributed by atoms with Gasteiger partial charge in [0, 0.05) is 37.3 Å². The molecule has 0 atom stereocenters. The van der Waals surface area contributed by atoms with Crippen molar-refractivity contribution in [2.24, 2.45) is 0 Å². The van der Waals surface area contributed by atoms with E-state index < -0.39 is 0 Å². The van der Waals surface area contributed by atoms with Gasteiger partial charge in [-0.15, -0.1) is 0 Å². The third kappa shape index (κ3) is 5.20. The third-order valence-corrected chi connectivity index (χ3v) is 7.01. The largest absolute Gasteiger partial charge is 0.338 e. The van der Waals surface area contributed by atoms with E-state index in [1.807, 2.05) is 6.92 Å². The number of piperidine rings is 1. The summed E-state index contributed by atoms with van der Waals surface area (Å²) in [6.07, 6.45) is 8.72. The summed E-state index contributed by atoms with van der Waals surface area (Å²) in [5.74, 6) is -0.735. The van der Waals surface area contributed by atoms with E-state index in [0.717, 1.165) is 25.7 Å². The minimum atomic E-state index is -0.315. The third-order valence-electron chi connectivity index (χ3n) is 7.01. The predicted molar refractivity (Wildman–Crippen MR) is 124 cm³/mol. The number of carbonyl (C=O) groups is 4. The van der Waals surface area contributed by atoms with Crippen LogP contribution in [0.25, 0.3) is 0 Å². The maximum Gasteiger partial charge on any atom is 0.315 e. The highest BCUT2D eigenvalue weighted by molar-refractivity contribution is 6.22. The molecule has 1 saturated carbocycles. The average molecular weight is 455 g/mol. The van der Waals surface area contributed by atoms with Crippen LogP contribution in [0.15, 0.2) is 18.2 Å². The van der Waals surface area contributed by atoms with Crippen molar-refractivity contribution in [1.29, 1.82) is 0 Å². The molecule has 1 aromatic carbocycles. The summed E-state index contributed by atoms with van der Waals surface area (Å²) >= 11 is 0. The molecule has 0 radical (unpaired) electrons. The van der Waals surface area contributed by atoms with Gasteiger partial charge in [0.2, 0.25) is 0 Å². The Morgan fingerprint density at radius 3 is 2.21 bits per heavy atom. The molecule has 4 rings (SSSR count). The van der Waals surface area contributed by atoms with Gasteiger partial charge in [-0.05, 0) is 50.3 Å². The van der Waals surface area contributed by atoms with Crippen molar-refractivity contribution in [2.75, 3.05) is 19.6 Å². The van der Waals surface area contributed by atoms with Gasteiger partial charge >= 0.3 is 6.03 Å². The van der Waals surface area contributed by atoms with E-state index in [4.69, 9.17) is 0 Å². The first kappa shape index (κ1) is 23.3. The second-order valence-electron chi connectivity index (χ2n) is 9.40. The molecule has 5 amide bonds. The molecule has 1 saturated heterocycles. The van der Waals surface area contributed by atoms with Gasteiger partial charge in [0.05, 0.1) is 11.1 Å². The van der Waals surface area contributed by atoms with Gasteiger partial charge < -0.3 is 15.5 Å². The average Bonchev–Trinajstić information content (AvgIpc) is 3.07. The van der Waals surface area contributed by atoms with Crippen LogP contribution in [-0.2, 0) is 0 Å². The molecule has 2 aliphatic heterocycles. The van der Waals surface area contributed by atoms with Crippen LogP contribution >= 0.6 is 0 Å². The van der Waals surface area contributed by atoms with E-state index >= 15 is 0 Å². The van der Waals surface area contributed by atoms with Crippen LogP contribution in [0.2, 0.25) is 0 Å². The molecular weight excluding hydrogens is 420 g/mol. The fourth-order valence-electron chi connectivity index (χ4n) is 5.01. The Labute approximate surface area is 195 Å². The fraction of sp³-hybridized carbons (Fsp3) is 0.600. The van der Waals surface area contributed by atoms with Crippen LogP contribution in [0.3, 0.4) is 0 Å². The van der Waals surface area contributed by atoms with E-state index in [0.29, 0.717) is 49.2 Å². The fourth-order valence-corrected chi connectivity index (χ4v) is 5.01. The Balaban J connectivity index is 1.30. The number of urea groups is 1. The zero-order valence-corrected chi connectivity index (χ0v) is 19.4. The highest BCUT2D eigenvalue weighted by Gasteiger charge is 2.36. The van der Waals surface area contributed by atoms with Gasteiger partial charge in [-0.2, -0.15) is 0 Å². The number of fused-ring (bicyclic) bond motifs is 1. The van der Waals surface area contributed by atoms with E-state index in [1.54, 1.807) is 23.1 Å². The van der Waals surface area contributed by atoms with E-state index in [1.165, 1.54) is 24.2 Å². The molecule has 178 valence electrons. The zero-order valence-electron chi connectivity index (χ0n) is 19.4. The summed E-state index contributed by atoms with van der Waals surface area (Å²) in [6, 6.07) is 5.00. The number of benzene rings is 1. The van der Waals surface area contributed by atoms with Crippen LogP contribution in [0.1, 0.15) is 95.8 Å². The first-order valence-electron chi connectivity index (χ1n) is 12.3. The van der Waals surface area contributed by atoms with Crippen LogP contribution in [0.5, 0.6) is 0 Å². The number of likely N-dealkylation sites (tertiary alicyclic amines) is 1. The Hall–Kier alpha value is -2.90. The van der Waals surface area contributed by atoms with Crippen molar-refractivity contribution in [2.45, 2.75) is 76.8 Å². The van der Waals surface area contributed by atoms with Gasteiger partial charge in [0.15, 0.2) is 0 Å². The van der Waals surface area contributed by atoms with Gasteiger partial charge in [-0.1, -0.05) is 32.6 Å². The number of unbranched alkanes of at least 4 members (excludes halogenated alkanes) is 1. The summed E-state index contributed by atoms with van der Waals surface area (Å²) in [7, 11) is 0. The Bertz CT molecular complexity index is 917. The van der Waals surface area contributed by atoms with Crippen molar-refractivity contribution in [3.63, 3.8) is 0 Å². The topological polar surface area (TPSA) is 98.8 Å². The maximum atomic E-state index is 13.0. The first-order chi connectivity index (χ1) is 16.0. The minimum Gasteiger partial charge on any atom is -0.338 e. The molecule has 0 bridgehead atoms. The summed E-state index contributed by atoms with van der Waals surface area (Å²) in [4.78, 5) is 53.6. The van der Waals surface area contributed by atoms with Gasteiger partial charge in [0.1, 0.15) is 0 Å². The monoisotopic (exact) mass is 454 g/mol. The van der Waals surface area contributed by atoms with Crippen molar-refractivity contribution < 1.29 is 19.2 Å².